The van der Waals surface area contributed by atoms with Gasteiger partial charge in [0.05, 0.1) is 0 Å². The fourth-order valence-electron chi connectivity index (χ4n) is 2.24. The van der Waals surface area contributed by atoms with Crippen molar-refractivity contribution in [1.82, 2.24) is 0 Å². The Balaban J connectivity index is 1.71. The molecule has 0 aliphatic carbocycles. The zero-order valence-corrected chi connectivity index (χ0v) is 13.2. The molecule has 0 saturated carbocycles. The molecule has 6 nitrogen and oxygen atoms in total. The molecule has 6 heteroatoms. The smallest absolute Gasteiger partial charge is 0.323 e. The van der Waals surface area contributed by atoms with Gasteiger partial charge in [-0.1, -0.05) is 30.3 Å². The summed E-state index contributed by atoms with van der Waals surface area (Å²) in [5.74, 6) is -3.77. The van der Waals surface area contributed by atoms with Gasteiger partial charge in [-0.05, 0) is 18.4 Å². The monoisotopic (exact) mass is 320 g/mol. The van der Waals surface area contributed by atoms with E-state index in [0.717, 1.165) is 5.56 Å². The molecule has 0 atom stereocenters. The van der Waals surface area contributed by atoms with Gasteiger partial charge < -0.3 is 14.2 Å². The van der Waals surface area contributed by atoms with Crippen LogP contribution in [0.3, 0.4) is 0 Å². The minimum absolute atomic E-state index is 0.132. The van der Waals surface area contributed by atoms with Crippen LogP contribution in [0.25, 0.3) is 0 Å². The molecule has 1 fully saturated rings. The summed E-state index contributed by atoms with van der Waals surface area (Å²) in [5, 5.41) is 0. The lowest BCUT2D eigenvalue weighted by Gasteiger charge is -2.32. The Morgan fingerprint density at radius 2 is 1.74 bits per heavy atom. The first-order valence-electron chi connectivity index (χ1n) is 7.53. The minimum atomic E-state index is -1.22. The van der Waals surface area contributed by atoms with Crippen LogP contribution in [0.4, 0.5) is 0 Å². The first-order chi connectivity index (χ1) is 10.9. The van der Waals surface area contributed by atoms with Crippen LogP contribution in [0.2, 0.25) is 0 Å². The second-order valence-corrected chi connectivity index (χ2v) is 5.83. The molecule has 0 N–H and O–H groups in total. The molecule has 0 amide bonds. The Morgan fingerprint density at radius 3 is 2.35 bits per heavy atom. The van der Waals surface area contributed by atoms with Crippen LogP contribution >= 0.6 is 0 Å². The summed E-state index contributed by atoms with van der Waals surface area (Å²) in [6.07, 6.45) is 0.685. The second-order valence-electron chi connectivity index (χ2n) is 5.83. The average molecular weight is 320 g/mol. The zero-order valence-electron chi connectivity index (χ0n) is 13.2. The van der Waals surface area contributed by atoms with E-state index in [1.807, 2.05) is 30.3 Å². The van der Waals surface area contributed by atoms with E-state index in [4.69, 9.17) is 14.2 Å². The molecule has 1 saturated heterocycles. The molecule has 0 radical (unpaired) electrons. The standard InChI is InChI=1S/C17H20O6/c1-17(2)22-15(19)13(16(20)23-17)9-6-10-14(18)21-11-12-7-4-3-5-8-12/h3-5,7-8,13H,6,9-11H2,1-2H3. The number of esters is 3. The highest BCUT2D eigenvalue weighted by Crippen LogP contribution is 2.26. The van der Waals surface area contributed by atoms with Crippen LogP contribution < -0.4 is 0 Å². The Labute approximate surface area is 134 Å². The van der Waals surface area contributed by atoms with Gasteiger partial charge in [-0.2, -0.15) is 0 Å². The highest BCUT2D eigenvalue weighted by Gasteiger charge is 2.42. The van der Waals surface area contributed by atoms with E-state index in [1.54, 1.807) is 0 Å². The van der Waals surface area contributed by atoms with Crippen molar-refractivity contribution in [2.75, 3.05) is 0 Å². The third-order valence-electron chi connectivity index (χ3n) is 3.38. The van der Waals surface area contributed by atoms with Gasteiger partial charge in [0.2, 0.25) is 0 Å². The summed E-state index contributed by atoms with van der Waals surface area (Å²) in [6, 6.07) is 9.34. The number of cyclic esters (lactones) is 2. The Hall–Kier alpha value is -2.37. The highest BCUT2D eigenvalue weighted by molar-refractivity contribution is 5.96. The van der Waals surface area contributed by atoms with E-state index in [1.165, 1.54) is 13.8 Å². The lowest BCUT2D eigenvalue weighted by molar-refractivity contribution is -0.240. The van der Waals surface area contributed by atoms with Crippen LogP contribution in [0.5, 0.6) is 0 Å². The zero-order chi connectivity index (χ0) is 16.9. The molecule has 1 aliphatic rings. The van der Waals surface area contributed by atoms with Crippen molar-refractivity contribution in [2.45, 2.75) is 45.5 Å². The fourth-order valence-corrected chi connectivity index (χ4v) is 2.24. The van der Waals surface area contributed by atoms with Crippen LogP contribution in [-0.4, -0.2) is 23.7 Å². The van der Waals surface area contributed by atoms with E-state index in [2.05, 4.69) is 0 Å². The number of carbonyl (C=O) groups is 3. The highest BCUT2D eigenvalue weighted by atomic mass is 16.7. The van der Waals surface area contributed by atoms with Gasteiger partial charge in [-0.3, -0.25) is 14.4 Å². The maximum Gasteiger partial charge on any atom is 0.323 e. The maximum absolute atomic E-state index is 11.8. The number of ether oxygens (including phenoxy) is 3. The first-order valence-corrected chi connectivity index (χ1v) is 7.53. The Kier molecular flexibility index (Phi) is 5.36. The van der Waals surface area contributed by atoms with Crippen LogP contribution in [0, 0.1) is 5.92 Å². The lowest BCUT2D eigenvalue weighted by atomic mass is 10.0. The lowest BCUT2D eigenvalue weighted by Crippen LogP contribution is -2.46. The van der Waals surface area contributed by atoms with E-state index in [-0.39, 0.29) is 25.4 Å². The molecule has 1 heterocycles. The predicted octanol–water partition coefficient (Wildman–Crippen LogP) is 2.35. The third kappa shape index (κ3) is 5.09. The van der Waals surface area contributed by atoms with Gasteiger partial charge in [0, 0.05) is 20.3 Å². The van der Waals surface area contributed by atoms with Gasteiger partial charge in [0.15, 0.2) is 5.92 Å². The minimum Gasteiger partial charge on any atom is -0.461 e. The van der Waals surface area contributed by atoms with Gasteiger partial charge in [-0.25, -0.2) is 0 Å². The van der Waals surface area contributed by atoms with Gasteiger partial charge >= 0.3 is 17.9 Å². The van der Waals surface area contributed by atoms with E-state index >= 15 is 0 Å². The van der Waals surface area contributed by atoms with E-state index in [9.17, 15) is 14.4 Å². The molecule has 1 aromatic carbocycles. The number of rotatable bonds is 6. The van der Waals surface area contributed by atoms with Crippen molar-refractivity contribution in [1.29, 1.82) is 0 Å². The van der Waals surface area contributed by atoms with Crippen molar-refractivity contribution in [3.63, 3.8) is 0 Å². The predicted molar refractivity (Wildman–Crippen MR) is 79.8 cm³/mol. The summed E-state index contributed by atoms with van der Waals surface area (Å²) in [5.41, 5.74) is 0.905. The summed E-state index contributed by atoms with van der Waals surface area (Å²) < 4.78 is 15.2. The number of hydrogen-bond donors (Lipinski definition) is 0. The molecule has 124 valence electrons. The van der Waals surface area contributed by atoms with Crippen LogP contribution in [-0.2, 0) is 35.2 Å². The quantitative estimate of drug-likeness (QED) is 0.591. The van der Waals surface area contributed by atoms with Gasteiger partial charge in [0.25, 0.3) is 5.79 Å². The molecule has 1 aliphatic heterocycles. The normalized spacial score (nSPS) is 17.3. The summed E-state index contributed by atoms with van der Waals surface area (Å²) >= 11 is 0. The van der Waals surface area contributed by atoms with Crippen molar-refractivity contribution >= 4 is 17.9 Å². The van der Waals surface area contributed by atoms with Crippen molar-refractivity contribution in [2.24, 2.45) is 5.92 Å². The van der Waals surface area contributed by atoms with E-state index in [0.29, 0.717) is 6.42 Å². The van der Waals surface area contributed by atoms with Crippen LogP contribution in [0.1, 0.15) is 38.7 Å². The third-order valence-corrected chi connectivity index (χ3v) is 3.38. The number of benzene rings is 1. The van der Waals surface area contributed by atoms with Crippen molar-refractivity contribution < 1.29 is 28.6 Å². The molecule has 0 spiro atoms. The molecular formula is C17H20O6. The van der Waals surface area contributed by atoms with E-state index < -0.39 is 23.6 Å². The van der Waals surface area contributed by atoms with Gasteiger partial charge in [0.1, 0.15) is 6.61 Å². The van der Waals surface area contributed by atoms with Crippen molar-refractivity contribution in [3.05, 3.63) is 35.9 Å². The van der Waals surface area contributed by atoms with Crippen molar-refractivity contribution in [3.8, 4) is 0 Å². The second kappa shape index (κ2) is 7.26. The molecule has 0 unspecified atom stereocenters. The molecule has 1 aromatic rings. The fraction of sp³-hybridized carbons (Fsp3) is 0.471. The maximum atomic E-state index is 11.8. The Bertz CT molecular complexity index is 558. The molecule has 0 bridgehead atoms. The molecule has 23 heavy (non-hydrogen) atoms. The summed E-state index contributed by atoms with van der Waals surface area (Å²) in [4.78, 5) is 35.2. The largest absolute Gasteiger partial charge is 0.461 e. The number of hydrogen-bond acceptors (Lipinski definition) is 6. The average Bonchev–Trinajstić information content (AvgIpc) is 2.48. The number of carbonyl (C=O) groups excluding carboxylic acids is 3. The SMILES string of the molecule is CC1(C)OC(=O)C(CCCC(=O)OCc2ccccc2)C(=O)O1. The summed E-state index contributed by atoms with van der Waals surface area (Å²) in [7, 11) is 0. The van der Waals surface area contributed by atoms with Crippen LogP contribution in [0.15, 0.2) is 30.3 Å². The molecule has 0 aromatic heterocycles. The Morgan fingerprint density at radius 1 is 1.13 bits per heavy atom. The molecular weight excluding hydrogens is 300 g/mol. The first kappa shape index (κ1) is 17.0. The van der Waals surface area contributed by atoms with Gasteiger partial charge in [-0.15, -0.1) is 0 Å². The topological polar surface area (TPSA) is 78.9 Å². The summed E-state index contributed by atoms with van der Waals surface area (Å²) in [6.45, 7) is 3.21. The molecule has 2 rings (SSSR count).